The van der Waals surface area contributed by atoms with E-state index in [0.29, 0.717) is 5.56 Å². The Morgan fingerprint density at radius 1 is 1.20 bits per heavy atom. The molecule has 1 aromatic heterocycles. The topological polar surface area (TPSA) is 61.2 Å². The average Bonchev–Trinajstić information content (AvgIpc) is 2.98. The number of hydrogen-bond donors (Lipinski definition) is 0. The summed E-state index contributed by atoms with van der Waals surface area (Å²) in [4.78, 5) is 26.8. The SMILES string of the molecule is COC(=O)CCC(=O)c1ccc(Cn2ccnc2)cc1. The Morgan fingerprint density at radius 2 is 1.95 bits per heavy atom. The van der Waals surface area contributed by atoms with Gasteiger partial charge in [0.2, 0.25) is 0 Å². The zero-order chi connectivity index (χ0) is 14.4. The summed E-state index contributed by atoms with van der Waals surface area (Å²) in [6.45, 7) is 0.719. The highest BCUT2D eigenvalue weighted by Crippen LogP contribution is 2.10. The fourth-order valence-corrected chi connectivity index (χ4v) is 1.85. The fourth-order valence-electron chi connectivity index (χ4n) is 1.85. The van der Waals surface area contributed by atoms with E-state index in [-0.39, 0.29) is 24.6 Å². The van der Waals surface area contributed by atoms with Gasteiger partial charge >= 0.3 is 5.97 Å². The van der Waals surface area contributed by atoms with E-state index < -0.39 is 0 Å². The van der Waals surface area contributed by atoms with E-state index in [1.807, 2.05) is 22.9 Å². The standard InChI is InChI=1S/C15H16N2O3/c1-20-15(19)7-6-14(18)13-4-2-12(3-5-13)10-17-9-8-16-11-17/h2-5,8-9,11H,6-7,10H2,1H3. The maximum Gasteiger partial charge on any atom is 0.305 e. The normalized spacial score (nSPS) is 10.2. The minimum atomic E-state index is -0.366. The summed E-state index contributed by atoms with van der Waals surface area (Å²) in [6.07, 6.45) is 5.65. The molecule has 0 fully saturated rings. The van der Waals surface area contributed by atoms with Crippen LogP contribution in [-0.4, -0.2) is 28.4 Å². The van der Waals surface area contributed by atoms with Gasteiger partial charge in [-0.3, -0.25) is 9.59 Å². The molecule has 20 heavy (non-hydrogen) atoms. The van der Waals surface area contributed by atoms with Gasteiger partial charge in [0.1, 0.15) is 0 Å². The van der Waals surface area contributed by atoms with Crippen LogP contribution in [0.1, 0.15) is 28.8 Å². The maximum absolute atomic E-state index is 11.9. The van der Waals surface area contributed by atoms with Crippen LogP contribution in [0.15, 0.2) is 43.0 Å². The van der Waals surface area contributed by atoms with Gasteiger partial charge < -0.3 is 9.30 Å². The van der Waals surface area contributed by atoms with E-state index >= 15 is 0 Å². The largest absolute Gasteiger partial charge is 0.469 e. The summed E-state index contributed by atoms with van der Waals surface area (Å²) in [5.41, 5.74) is 1.70. The summed E-state index contributed by atoms with van der Waals surface area (Å²) in [5.74, 6) is -0.417. The third kappa shape index (κ3) is 3.78. The number of carbonyl (C=O) groups is 2. The Hall–Kier alpha value is -2.43. The monoisotopic (exact) mass is 272 g/mol. The number of imidazole rings is 1. The smallest absolute Gasteiger partial charge is 0.305 e. The second kappa shape index (κ2) is 6.65. The highest BCUT2D eigenvalue weighted by Gasteiger charge is 2.09. The molecule has 0 spiro atoms. The van der Waals surface area contributed by atoms with Crippen LogP contribution < -0.4 is 0 Å². The van der Waals surface area contributed by atoms with Crippen LogP contribution in [0.3, 0.4) is 0 Å². The van der Waals surface area contributed by atoms with Crippen LogP contribution in [0, 0.1) is 0 Å². The first kappa shape index (κ1) is 14.0. The number of nitrogens with zero attached hydrogens (tertiary/aromatic N) is 2. The molecule has 0 aliphatic rings. The van der Waals surface area contributed by atoms with Gasteiger partial charge in [-0.15, -0.1) is 0 Å². The van der Waals surface area contributed by atoms with Crippen molar-refractivity contribution >= 4 is 11.8 Å². The molecule has 0 aliphatic heterocycles. The minimum absolute atomic E-state index is 0.0513. The molecule has 0 atom stereocenters. The molecular formula is C15H16N2O3. The third-order valence-corrected chi connectivity index (χ3v) is 2.98. The predicted octanol–water partition coefficient (Wildman–Crippen LogP) is 2.07. The second-order valence-electron chi connectivity index (χ2n) is 4.43. The zero-order valence-electron chi connectivity index (χ0n) is 11.3. The van der Waals surface area contributed by atoms with Crippen LogP contribution in [0.5, 0.6) is 0 Å². The van der Waals surface area contributed by atoms with Crippen molar-refractivity contribution in [2.24, 2.45) is 0 Å². The lowest BCUT2D eigenvalue weighted by atomic mass is 10.0. The number of ketones is 1. The number of hydrogen-bond acceptors (Lipinski definition) is 4. The quantitative estimate of drug-likeness (QED) is 0.596. The summed E-state index contributed by atoms with van der Waals surface area (Å²) in [7, 11) is 1.32. The molecule has 2 rings (SSSR count). The zero-order valence-corrected chi connectivity index (χ0v) is 11.3. The lowest BCUT2D eigenvalue weighted by molar-refractivity contribution is -0.140. The van der Waals surface area contributed by atoms with Gasteiger partial charge in [-0.1, -0.05) is 24.3 Å². The van der Waals surface area contributed by atoms with E-state index in [2.05, 4.69) is 9.72 Å². The molecule has 0 N–H and O–H groups in total. The van der Waals surface area contributed by atoms with E-state index in [1.54, 1.807) is 24.7 Å². The molecule has 0 saturated heterocycles. The van der Waals surface area contributed by atoms with E-state index in [0.717, 1.165) is 12.1 Å². The number of esters is 1. The van der Waals surface area contributed by atoms with Gasteiger partial charge in [0.05, 0.1) is 19.9 Å². The summed E-state index contributed by atoms with van der Waals surface area (Å²) < 4.78 is 6.47. The molecule has 0 unspecified atom stereocenters. The Kier molecular flexibility index (Phi) is 4.65. The van der Waals surface area contributed by atoms with Gasteiger partial charge in [-0.2, -0.15) is 0 Å². The third-order valence-electron chi connectivity index (χ3n) is 2.98. The highest BCUT2D eigenvalue weighted by atomic mass is 16.5. The van der Waals surface area contributed by atoms with Gasteiger partial charge in [-0.25, -0.2) is 4.98 Å². The van der Waals surface area contributed by atoms with Gasteiger partial charge in [-0.05, 0) is 5.56 Å². The number of rotatable bonds is 6. The Balaban J connectivity index is 1.93. The van der Waals surface area contributed by atoms with E-state index in [1.165, 1.54) is 7.11 Å². The van der Waals surface area contributed by atoms with Crippen LogP contribution in [0.2, 0.25) is 0 Å². The number of Topliss-reactive ketones (excluding diaryl/α,β-unsaturated/α-hetero) is 1. The molecule has 0 amide bonds. The first-order chi connectivity index (χ1) is 9.69. The molecule has 0 radical (unpaired) electrons. The van der Waals surface area contributed by atoms with E-state index in [9.17, 15) is 9.59 Å². The number of carbonyl (C=O) groups excluding carboxylic acids is 2. The highest BCUT2D eigenvalue weighted by molar-refractivity contribution is 5.97. The minimum Gasteiger partial charge on any atom is -0.469 e. The second-order valence-corrected chi connectivity index (χ2v) is 4.43. The van der Waals surface area contributed by atoms with Crippen molar-refractivity contribution in [3.63, 3.8) is 0 Å². The molecule has 0 aliphatic carbocycles. The molecule has 2 aromatic rings. The molecule has 0 bridgehead atoms. The maximum atomic E-state index is 11.9. The van der Waals surface area contributed by atoms with Crippen LogP contribution in [0.4, 0.5) is 0 Å². The summed E-state index contributed by atoms with van der Waals surface area (Å²) in [5, 5.41) is 0. The molecule has 0 saturated carbocycles. The predicted molar refractivity (Wildman–Crippen MR) is 73.4 cm³/mol. The van der Waals surface area contributed by atoms with Crippen molar-refractivity contribution in [1.82, 2.24) is 9.55 Å². The number of methoxy groups -OCH3 is 1. The van der Waals surface area contributed by atoms with Crippen molar-refractivity contribution in [2.75, 3.05) is 7.11 Å². The number of ether oxygens (including phenoxy) is 1. The van der Waals surface area contributed by atoms with Crippen LogP contribution in [-0.2, 0) is 16.1 Å². The average molecular weight is 272 g/mol. The van der Waals surface area contributed by atoms with Crippen molar-refractivity contribution in [3.05, 3.63) is 54.1 Å². The van der Waals surface area contributed by atoms with Gasteiger partial charge in [0.15, 0.2) is 5.78 Å². The summed E-state index contributed by atoms with van der Waals surface area (Å²) in [6, 6.07) is 7.38. The molecule has 5 heteroatoms. The first-order valence-electron chi connectivity index (χ1n) is 6.34. The lowest BCUT2D eigenvalue weighted by Crippen LogP contribution is -2.06. The molecule has 1 heterocycles. The van der Waals surface area contributed by atoms with Crippen molar-refractivity contribution < 1.29 is 14.3 Å². The Morgan fingerprint density at radius 3 is 2.55 bits per heavy atom. The van der Waals surface area contributed by atoms with Crippen LogP contribution in [0.25, 0.3) is 0 Å². The molecular weight excluding hydrogens is 256 g/mol. The van der Waals surface area contributed by atoms with Crippen LogP contribution >= 0.6 is 0 Å². The van der Waals surface area contributed by atoms with E-state index in [4.69, 9.17) is 0 Å². The number of aromatic nitrogens is 2. The van der Waals surface area contributed by atoms with Crippen molar-refractivity contribution in [3.8, 4) is 0 Å². The van der Waals surface area contributed by atoms with Crippen molar-refractivity contribution in [2.45, 2.75) is 19.4 Å². The molecule has 1 aromatic carbocycles. The molecule has 5 nitrogen and oxygen atoms in total. The fraction of sp³-hybridized carbons (Fsp3) is 0.267. The van der Waals surface area contributed by atoms with Crippen molar-refractivity contribution in [1.29, 1.82) is 0 Å². The lowest BCUT2D eigenvalue weighted by Gasteiger charge is -2.04. The molecule has 104 valence electrons. The van der Waals surface area contributed by atoms with Gasteiger partial charge in [0, 0.05) is 30.9 Å². The summed E-state index contributed by atoms with van der Waals surface area (Å²) >= 11 is 0. The Labute approximate surface area is 117 Å². The Bertz CT molecular complexity index is 574. The van der Waals surface area contributed by atoms with Gasteiger partial charge in [0.25, 0.3) is 0 Å². The number of benzene rings is 1. The first-order valence-corrected chi connectivity index (χ1v) is 6.34.